The number of hydrogen-bond acceptors (Lipinski definition) is 3. The van der Waals surface area contributed by atoms with Crippen molar-refractivity contribution in [3.8, 4) is 0 Å². The molecule has 1 atom stereocenters. The fraction of sp³-hybridized carbons (Fsp3) is 1.00. The molecule has 74 valence electrons. The Hall–Kier alpha value is -0.120. The summed E-state index contributed by atoms with van der Waals surface area (Å²) in [5.74, 6) is 0.259. The van der Waals surface area contributed by atoms with Gasteiger partial charge < -0.3 is 15.3 Å². The summed E-state index contributed by atoms with van der Waals surface area (Å²) in [5.41, 5.74) is 0. The summed E-state index contributed by atoms with van der Waals surface area (Å²) in [7, 11) is 0. The second-order valence-electron chi connectivity index (χ2n) is 3.19. The van der Waals surface area contributed by atoms with Crippen LogP contribution in [0.2, 0.25) is 0 Å². The third-order valence-corrected chi connectivity index (χ3v) is 2.15. The fourth-order valence-electron chi connectivity index (χ4n) is 1.30. The molecule has 3 heteroatoms. The van der Waals surface area contributed by atoms with Gasteiger partial charge in [-0.2, -0.15) is 0 Å². The van der Waals surface area contributed by atoms with E-state index in [1.165, 1.54) is 0 Å². The standard InChI is InChI=1S/C9H20O3/c1-2-9(12)7-8(3-5-10)4-6-11/h8-12H,2-7H2,1H3. The fourth-order valence-corrected chi connectivity index (χ4v) is 1.30. The van der Waals surface area contributed by atoms with Gasteiger partial charge in [0.05, 0.1) is 6.10 Å². The largest absolute Gasteiger partial charge is 0.396 e. The Balaban J connectivity index is 3.61. The SMILES string of the molecule is CCC(O)CC(CCO)CCO. The van der Waals surface area contributed by atoms with E-state index >= 15 is 0 Å². The average molecular weight is 176 g/mol. The van der Waals surface area contributed by atoms with Crippen molar-refractivity contribution in [1.29, 1.82) is 0 Å². The third-order valence-electron chi connectivity index (χ3n) is 2.15. The molecule has 0 saturated heterocycles. The molecule has 0 spiro atoms. The highest BCUT2D eigenvalue weighted by atomic mass is 16.3. The molecule has 0 rings (SSSR count). The van der Waals surface area contributed by atoms with E-state index in [0.717, 1.165) is 6.42 Å². The predicted molar refractivity (Wildman–Crippen MR) is 47.8 cm³/mol. The number of rotatable bonds is 7. The van der Waals surface area contributed by atoms with Crippen LogP contribution in [0.4, 0.5) is 0 Å². The van der Waals surface area contributed by atoms with Crippen LogP contribution in [0.1, 0.15) is 32.6 Å². The first-order valence-corrected chi connectivity index (χ1v) is 4.64. The Bertz CT molecular complexity index is 89.8. The summed E-state index contributed by atoms with van der Waals surface area (Å²) in [6, 6.07) is 0. The monoisotopic (exact) mass is 176 g/mol. The van der Waals surface area contributed by atoms with E-state index in [0.29, 0.717) is 19.3 Å². The van der Waals surface area contributed by atoms with E-state index in [1.807, 2.05) is 6.92 Å². The molecule has 1 unspecified atom stereocenters. The molecule has 0 amide bonds. The van der Waals surface area contributed by atoms with E-state index in [-0.39, 0.29) is 25.2 Å². The van der Waals surface area contributed by atoms with E-state index in [1.54, 1.807) is 0 Å². The first-order valence-electron chi connectivity index (χ1n) is 4.64. The van der Waals surface area contributed by atoms with Crippen molar-refractivity contribution in [2.75, 3.05) is 13.2 Å². The second-order valence-corrected chi connectivity index (χ2v) is 3.19. The van der Waals surface area contributed by atoms with Crippen LogP contribution in [-0.2, 0) is 0 Å². The van der Waals surface area contributed by atoms with Crippen LogP contribution in [0.15, 0.2) is 0 Å². The molecule has 3 nitrogen and oxygen atoms in total. The van der Waals surface area contributed by atoms with Crippen molar-refractivity contribution in [3.63, 3.8) is 0 Å². The predicted octanol–water partition coefficient (Wildman–Crippen LogP) is 0.528. The van der Waals surface area contributed by atoms with Crippen molar-refractivity contribution < 1.29 is 15.3 Å². The molecule has 0 fully saturated rings. The lowest BCUT2D eigenvalue weighted by Crippen LogP contribution is -2.15. The van der Waals surface area contributed by atoms with Gasteiger partial charge in [-0.25, -0.2) is 0 Å². The van der Waals surface area contributed by atoms with Crippen LogP contribution in [0.5, 0.6) is 0 Å². The topological polar surface area (TPSA) is 60.7 Å². The first-order chi connectivity index (χ1) is 5.74. The molecular formula is C9H20O3. The smallest absolute Gasteiger partial charge is 0.0540 e. The maximum absolute atomic E-state index is 9.32. The van der Waals surface area contributed by atoms with Crippen LogP contribution in [0.3, 0.4) is 0 Å². The third kappa shape index (κ3) is 5.52. The quantitative estimate of drug-likeness (QED) is 0.530. The van der Waals surface area contributed by atoms with Gasteiger partial charge in [-0.3, -0.25) is 0 Å². The summed E-state index contributed by atoms with van der Waals surface area (Å²) in [5, 5.41) is 26.7. The van der Waals surface area contributed by atoms with Crippen LogP contribution in [0.25, 0.3) is 0 Å². The van der Waals surface area contributed by atoms with Crippen molar-refractivity contribution in [3.05, 3.63) is 0 Å². The highest BCUT2D eigenvalue weighted by molar-refractivity contribution is 4.63. The van der Waals surface area contributed by atoms with Gasteiger partial charge in [0.1, 0.15) is 0 Å². The van der Waals surface area contributed by atoms with Crippen molar-refractivity contribution >= 4 is 0 Å². The molecule has 0 aliphatic carbocycles. The second kappa shape index (κ2) is 7.53. The summed E-state index contributed by atoms with van der Waals surface area (Å²) in [6.07, 6.45) is 2.51. The van der Waals surface area contributed by atoms with Gasteiger partial charge in [0.25, 0.3) is 0 Å². The molecule has 0 radical (unpaired) electrons. The summed E-state index contributed by atoms with van der Waals surface area (Å²) >= 11 is 0. The Kier molecular flexibility index (Phi) is 7.45. The van der Waals surface area contributed by atoms with Crippen LogP contribution in [-0.4, -0.2) is 34.6 Å². The van der Waals surface area contributed by atoms with Gasteiger partial charge >= 0.3 is 0 Å². The molecule has 12 heavy (non-hydrogen) atoms. The Morgan fingerprint density at radius 2 is 1.58 bits per heavy atom. The van der Waals surface area contributed by atoms with Gasteiger partial charge in [-0.05, 0) is 31.6 Å². The maximum atomic E-state index is 9.32. The zero-order chi connectivity index (χ0) is 9.40. The molecule has 0 bridgehead atoms. The van der Waals surface area contributed by atoms with Gasteiger partial charge in [0, 0.05) is 13.2 Å². The van der Waals surface area contributed by atoms with Crippen molar-refractivity contribution in [2.24, 2.45) is 5.92 Å². The van der Waals surface area contributed by atoms with E-state index < -0.39 is 0 Å². The highest BCUT2D eigenvalue weighted by Gasteiger charge is 2.12. The summed E-state index contributed by atoms with van der Waals surface area (Å²) < 4.78 is 0. The van der Waals surface area contributed by atoms with Gasteiger partial charge in [0.15, 0.2) is 0 Å². The molecule has 0 saturated carbocycles. The first kappa shape index (κ1) is 11.9. The summed E-state index contributed by atoms with van der Waals surface area (Å²) in [4.78, 5) is 0. The lowest BCUT2D eigenvalue weighted by Gasteiger charge is -2.17. The van der Waals surface area contributed by atoms with E-state index in [4.69, 9.17) is 10.2 Å². The van der Waals surface area contributed by atoms with Crippen LogP contribution < -0.4 is 0 Å². The van der Waals surface area contributed by atoms with Gasteiger partial charge in [-0.15, -0.1) is 0 Å². The summed E-state index contributed by atoms with van der Waals surface area (Å²) in [6.45, 7) is 2.21. The minimum atomic E-state index is -0.284. The van der Waals surface area contributed by atoms with E-state index in [9.17, 15) is 5.11 Å². The maximum Gasteiger partial charge on any atom is 0.0540 e. The zero-order valence-electron chi connectivity index (χ0n) is 7.74. The number of aliphatic hydroxyl groups excluding tert-OH is 3. The molecule has 0 aliphatic rings. The zero-order valence-corrected chi connectivity index (χ0v) is 7.74. The Morgan fingerprint density at radius 1 is 1.08 bits per heavy atom. The van der Waals surface area contributed by atoms with Gasteiger partial charge in [0.2, 0.25) is 0 Å². The molecular weight excluding hydrogens is 156 g/mol. The average Bonchev–Trinajstić information content (AvgIpc) is 2.05. The molecule has 0 aromatic rings. The molecule has 0 heterocycles. The lowest BCUT2D eigenvalue weighted by molar-refractivity contribution is 0.116. The lowest BCUT2D eigenvalue weighted by atomic mass is 9.94. The van der Waals surface area contributed by atoms with Crippen LogP contribution >= 0.6 is 0 Å². The minimum Gasteiger partial charge on any atom is -0.396 e. The molecule has 0 aromatic carbocycles. The van der Waals surface area contributed by atoms with Crippen molar-refractivity contribution in [1.82, 2.24) is 0 Å². The number of aliphatic hydroxyl groups is 3. The highest BCUT2D eigenvalue weighted by Crippen LogP contribution is 2.16. The normalized spacial score (nSPS) is 13.8. The number of hydrogen-bond donors (Lipinski definition) is 3. The van der Waals surface area contributed by atoms with E-state index in [2.05, 4.69) is 0 Å². The van der Waals surface area contributed by atoms with Crippen molar-refractivity contribution in [2.45, 2.75) is 38.7 Å². The molecule has 3 N–H and O–H groups in total. The Morgan fingerprint density at radius 3 is 1.92 bits per heavy atom. The van der Waals surface area contributed by atoms with Crippen LogP contribution in [0, 0.1) is 5.92 Å². The minimum absolute atomic E-state index is 0.140. The molecule has 0 aromatic heterocycles. The van der Waals surface area contributed by atoms with Gasteiger partial charge in [-0.1, -0.05) is 6.92 Å². The molecule has 0 aliphatic heterocycles. The Labute approximate surface area is 74.0 Å².